The highest BCUT2D eigenvalue weighted by molar-refractivity contribution is 5.94. The van der Waals surface area contributed by atoms with Crippen molar-refractivity contribution in [2.45, 2.75) is 26.8 Å². The van der Waals surface area contributed by atoms with E-state index in [0.29, 0.717) is 5.75 Å². The molecule has 0 aliphatic rings. The molecule has 22 heavy (non-hydrogen) atoms. The number of aromatic nitrogens is 1. The Bertz CT molecular complexity index is 776. The standard InChI is InChI=1S/C17H21N3O2/c1-10(2)20-14(7-6-12(16(18)19)17(20)21)13-9-11(3)5-8-15(13)22-4/h5-10H,1-4H3,(H3,18,19). The minimum atomic E-state index is -0.261. The molecule has 0 bridgehead atoms. The van der Waals surface area contributed by atoms with Crippen LogP contribution in [0.2, 0.25) is 0 Å². The fourth-order valence-corrected chi connectivity index (χ4v) is 2.51. The van der Waals surface area contributed by atoms with Crippen molar-refractivity contribution in [2.75, 3.05) is 7.11 Å². The van der Waals surface area contributed by atoms with Gasteiger partial charge in [0.2, 0.25) is 0 Å². The van der Waals surface area contributed by atoms with Gasteiger partial charge >= 0.3 is 0 Å². The average molecular weight is 299 g/mol. The molecule has 5 nitrogen and oxygen atoms in total. The first-order valence-electron chi connectivity index (χ1n) is 7.11. The van der Waals surface area contributed by atoms with Gasteiger partial charge in [0.25, 0.3) is 5.56 Å². The molecule has 3 N–H and O–H groups in total. The van der Waals surface area contributed by atoms with E-state index in [-0.39, 0.29) is 23.0 Å². The molecular formula is C17H21N3O2. The smallest absolute Gasteiger partial charge is 0.262 e. The van der Waals surface area contributed by atoms with E-state index in [1.807, 2.05) is 45.0 Å². The number of nitrogens with two attached hydrogens (primary N) is 1. The van der Waals surface area contributed by atoms with Gasteiger partial charge in [0.1, 0.15) is 11.6 Å². The zero-order valence-electron chi connectivity index (χ0n) is 13.3. The van der Waals surface area contributed by atoms with Crippen molar-refractivity contribution in [3.8, 4) is 17.0 Å². The number of aryl methyl sites for hydroxylation is 1. The van der Waals surface area contributed by atoms with Crippen LogP contribution in [-0.2, 0) is 0 Å². The molecule has 2 aromatic rings. The number of rotatable bonds is 4. The Kier molecular flexibility index (Phi) is 4.35. The van der Waals surface area contributed by atoms with Crippen LogP contribution in [0, 0.1) is 12.3 Å². The van der Waals surface area contributed by atoms with E-state index >= 15 is 0 Å². The number of hydrogen-bond donors (Lipinski definition) is 2. The first-order chi connectivity index (χ1) is 10.4. The van der Waals surface area contributed by atoms with E-state index in [4.69, 9.17) is 15.9 Å². The predicted octanol–water partition coefficient (Wildman–Crippen LogP) is 2.70. The highest BCUT2D eigenvalue weighted by Crippen LogP contribution is 2.31. The van der Waals surface area contributed by atoms with E-state index in [2.05, 4.69) is 0 Å². The first kappa shape index (κ1) is 15.8. The van der Waals surface area contributed by atoms with Gasteiger partial charge in [-0.05, 0) is 45.0 Å². The van der Waals surface area contributed by atoms with Gasteiger partial charge in [0.05, 0.1) is 18.4 Å². The zero-order valence-corrected chi connectivity index (χ0v) is 13.3. The minimum absolute atomic E-state index is 0.0629. The van der Waals surface area contributed by atoms with Gasteiger partial charge in [0.15, 0.2) is 0 Å². The maximum Gasteiger partial charge on any atom is 0.262 e. The third-order valence-corrected chi connectivity index (χ3v) is 3.55. The van der Waals surface area contributed by atoms with Crippen LogP contribution in [0.15, 0.2) is 35.1 Å². The van der Waals surface area contributed by atoms with Crippen LogP contribution in [0.5, 0.6) is 5.75 Å². The summed E-state index contributed by atoms with van der Waals surface area (Å²) in [6.45, 7) is 5.85. The third kappa shape index (κ3) is 2.74. The Morgan fingerprint density at radius 2 is 1.95 bits per heavy atom. The summed E-state index contributed by atoms with van der Waals surface area (Å²) in [5.74, 6) is 0.483. The summed E-state index contributed by atoms with van der Waals surface area (Å²) in [7, 11) is 1.61. The first-order valence-corrected chi connectivity index (χ1v) is 7.11. The van der Waals surface area contributed by atoms with Gasteiger partial charge < -0.3 is 15.0 Å². The molecule has 0 saturated carbocycles. The van der Waals surface area contributed by atoms with Crippen LogP contribution in [0.4, 0.5) is 0 Å². The normalized spacial score (nSPS) is 10.8. The molecular weight excluding hydrogens is 278 g/mol. The van der Waals surface area contributed by atoms with Crippen LogP contribution in [0.1, 0.15) is 31.0 Å². The molecule has 0 spiro atoms. The SMILES string of the molecule is COc1ccc(C)cc1-c1ccc(C(=N)N)c(=O)n1C(C)C. The second-order valence-corrected chi connectivity index (χ2v) is 5.52. The summed E-state index contributed by atoms with van der Waals surface area (Å²) >= 11 is 0. The Morgan fingerprint density at radius 1 is 1.27 bits per heavy atom. The van der Waals surface area contributed by atoms with Gasteiger partial charge in [-0.25, -0.2) is 0 Å². The molecule has 0 saturated heterocycles. The maximum atomic E-state index is 12.6. The highest BCUT2D eigenvalue weighted by Gasteiger charge is 2.17. The lowest BCUT2D eigenvalue weighted by Crippen LogP contribution is -2.31. The number of methoxy groups -OCH3 is 1. The van der Waals surface area contributed by atoms with Crippen molar-refractivity contribution in [3.63, 3.8) is 0 Å². The Balaban J connectivity index is 2.82. The lowest BCUT2D eigenvalue weighted by molar-refractivity contribution is 0.415. The second kappa shape index (κ2) is 6.05. The average Bonchev–Trinajstić information content (AvgIpc) is 2.45. The van der Waals surface area contributed by atoms with E-state index in [9.17, 15) is 4.79 Å². The molecule has 0 unspecified atom stereocenters. The van der Waals surface area contributed by atoms with Crippen molar-refractivity contribution in [1.29, 1.82) is 5.41 Å². The van der Waals surface area contributed by atoms with Crippen LogP contribution in [-0.4, -0.2) is 17.5 Å². The summed E-state index contributed by atoms with van der Waals surface area (Å²) in [4.78, 5) is 12.6. The van der Waals surface area contributed by atoms with Crippen molar-refractivity contribution in [2.24, 2.45) is 5.73 Å². The number of pyridine rings is 1. The number of ether oxygens (including phenoxy) is 1. The van der Waals surface area contributed by atoms with Crippen LogP contribution in [0.3, 0.4) is 0 Å². The van der Waals surface area contributed by atoms with Gasteiger partial charge in [-0.3, -0.25) is 10.2 Å². The summed E-state index contributed by atoms with van der Waals surface area (Å²) in [6.07, 6.45) is 0. The van der Waals surface area contributed by atoms with E-state index < -0.39 is 0 Å². The number of nitrogens with zero attached hydrogens (tertiary/aromatic N) is 1. The van der Waals surface area contributed by atoms with Crippen LogP contribution in [0.25, 0.3) is 11.3 Å². The number of nitrogens with one attached hydrogen (secondary N) is 1. The molecule has 0 fully saturated rings. The molecule has 0 radical (unpaired) electrons. The van der Waals surface area contributed by atoms with E-state index in [0.717, 1.165) is 16.8 Å². The lowest BCUT2D eigenvalue weighted by atomic mass is 10.0. The molecule has 1 aromatic heterocycles. The summed E-state index contributed by atoms with van der Waals surface area (Å²) in [5.41, 5.74) is 8.13. The lowest BCUT2D eigenvalue weighted by Gasteiger charge is -2.19. The molecule has 0 aliphatic heterocycles. The largest absolute Gasteiger partial charge is 0.496 e. The van der Waals surface area contributed by atoms with Gasteiger partial charge in [-0.1, -0.05) is 11.6 Å². The van der Waals surface area contributed by atoms with E-state index in [1.165, 1.54) is 0 Å². The second-order valence-electron chi connectivity index (χ2n) is 5.52. The van der Waals surface area contributed by atoms with Crippen LogP contribution < -0.4 is 16.0 Å². The Labute approximate surface area is 129 Å². The monoisotopic (exact) mass is 299 g/mol. The topological polar surface area (TPSA) is 81.1 Å². The molecule has 2 rings (SSSR count). The molecule has 1 aromatic carbocycles. The number of nitrogen functional groups attached to an aromatic ring is 1. The number of hydrogen-bond acceptors (Lipinski definition) is 3. The molecule has 0 atom stereocenters. The number of benzene rings is 1. The van der Waals surface area contributed by atoms with Crippen molar-refractivity contribution < 1.29 is 4.74 Å². The fraction of sp³-hybridized carbons (Fsp3) is 0.294. The minimum Gasteiger partial charge on any atom is -0.496 e. The third-order valence-electron chi connectivity index (χ3n) is 3.55. The summed E-state index contributed by atoms with van der Waals surface area (Å²) in [5, 5.41) is 7.54. The Morgan fingerprint density at radius 3 is 2.50 bits per heavy atom. The zero-order chi connectivity index (χ0) is 16.4. The summed E-state index contributed by atoms with van der Waals surface area (Å²) in [6, 6.07) is 9.19. The Hall–Kier alpha value is -2.56. The maximum absolute atomic E-state index is 12.6. The molecule has 0 aliphatic carbocycles. The molecule has 5 heteroatoms. The molecule has 0 amide bonds. The van der Waals surface area contributed by atoms with Crippen LogP contribution >= 0.6 is 0 Å². The van der Waals surface area contributed by atoms with E-state index in [1.54, 1.807) is 17.7 Å². The number of amidine groups is 1. The highest BCUT2D eigenvalue weighted by atomic mass is 16.5. The summed E-state index contributed by atoms with van der Waals surface area (Å²) < 4.78 is 7.07. The molecule has 1 heterocycles. The quantitative estimate of drug-likeness (QED) is 0.672. The van der Waals surface area contributed by atoms with Gasteiger partial charge in [-0.2, -0.15) is 0 Å². The van der Waals surface area contributed by atoms with Gasteiger partial charge in [0, 0.05) is 11.6 Å². The molecule has 116 valence electrons. The van der Waals surface area contributed by atoms with Gasteiger partial charge in [-0.15, -0.1) is 0 Å². The van der Waals surface area contributed by atoms with Crippen molar-refractivity contribution in [3.05, 3.63) is 51.8 Å². The predicted molar refractivity (Wildman–Crippen MR) is 88.8 cm³/mol. The fourth-order valence-electron chi connectivity index (χ4n) is 2.51. The van der Waals surface area contributed by atoms with Crippen molar-refractivity contribution >= 4 is 5.84 Å². The van der Waals surface area contributed by atoms with Crippen molar-refractivity contribution in [1.82, 2.24) is 4.57 Å².